The number of anilines is 1. The van der Waals surface area contributed by atoms with Gasteiger partial charge in [-0.05, 0) is 36.8 Å². The summed E-state index contributed by atoms with van der Waals surface area (Å²) in [5.41, 5.74) is -0.218. The molecule has 1 unspecified atom stereocenters. The minimum atomic E-state index is -3.03. The maximum atomic E-state index is 13.1. The molecule has 1 aromatic carbocycles. The van der Waals surface area contributed by atoms with Gasteiger partial charge in [0.15, 0.2) is 0 Å². The fourth-order valence-electron chi connectivity index (χ4n) is 2.69. The number of nitrogens with zero attached hydrogens (tertiary/aromatic N) is 4. The summed E-state index contributed by atoms with van der Waals surface area (Å²) in [6.07, 6.45) is -2.61. The van der Waals surface area contributed by atoms with Crippen molar-refractivity contribution in [2.45, 2.75) is 32.4 Å². The smallest absolute Gasteiger partial charge is 0.282 e. The second kappa shape index (κ2) is 8.24. The molecule has 0 aliphatic heterocycles. The van der Waals surface area contributed by atoms with Gasteiger partial charge in [0.1, 0.15) is 17.4 Å². The van der Waals surface area contributed by atoms with Crippen LogP contribution in [0.1, 0.15) is 42.8 Å². The van der Waals surface area contributed by atoms with Crippen molar-refractivity contribution >= 4 is 11.6 Å². The number of alkyl halides is 4. The van der Waals surface area contributed by atoms with Crippen LogP contribution in [0.3, 0.4) is 0 Å². The molecule has 1 atom stereocenters. The van der Waals surface area contributed by atoms with Crippen LogP contribution in [0.25, 0.3) is 0 Å². The lowest BCUT2D eigenvalue weighted by atomic mass is 10.2. The second-order valence-corrected chi connectivity index (χ2v) is 6.11. The molecule has 0 saturated carbocycles. The topological polar surface area (TPSA) is 64.7 Å². The minimum absolute atomic E-state index is 0.446. The highest BCUT2D eigenvalue weighted by molar-refractivity contribution is 5.93. The zero-order chi connectivity index (χ0) is 20.3. The Kier molecular flexibility index (Phi) is 5.76. The molecular formula is C18H17F4N5O. The van der Waals surface area contributed by atoms with Crippen molar-refractivity contribution in [2.24, 2.45) is 0 Å². The van der Waals surface area contributed by atoms with E-state index in [2.05, 4.69) is 15.5 Å². The highest BCUT2D eigenvalue weighted by Crippen LogP contribution is 2.27. The first-order valence-electron chi connectivity index (χ1n) is 8.38. The molecule has 0 aliphatic carbocycles. The molecule has 1 N–H and O–H groups in total. The number of benzene rings is 1. The maximum absolute atomic E-state index is 13.1. The number of rotatable bonds is 7. The predicted molar refractivity (Wildman–Crippen MR) is 93.3 cm³/mol. The largest absolute Gasteiger partial charge is 0.324 e. The fraction of sp³-hybridized carbons (Fsp3) is 0.278. The third kappa shape index (κ3) is 4.38. The molecular weight excluding hydrogens is 378 g/mol. The lowest BCUT2D eigenvalue weighted by Crippen LogP contribution is -2.26. The molecule has 2 heterocycles. The molecule has 6 nitrogen and oxygen atoms in total. The molecule has 0 fully saturated rings. The van der Waals surface area contributed by atoms with Crippen LogP contribution in [0.2, 0.25) is 0 Å². The third-order valence-electron chi connectivity index (χ3n) is 4.08. The Morgan fingerprint density at radius 1 is 1.14 bits per heavy atom. The van der Waals surface area contributed by atoms with Crippen molar-refractivity contribution < 1.29 is 22.4 Å². The molecule has 0 saturated heterocycles. The number of amides is 1. The van der Waals surface area contributed by atoms with E-state index in [1.165, 1.54) is 6.92 Å². The van der Waals surface area contributed by atoms with Crippen molar-refractivity contribution in [1.82, 2.24) is 19.6 Å². The van der Waals surface area contributed by atoms with Gasteiger partial charge in [0.05, 0.1) is 6.54 Å². The van der Waals surface area contributed by atoms with E-state index < -0.39 is 36.2 Å². The van der Waals surface area contributed by atoms with Crippen molar-refractivity contribution in [1.29, 1.82) is 0 Å². The number of nitrogens with one attached hydrogen (secondary N) is 1. The van der Waals surface area contributed by atoms with E-state index in [1.54, 1.807) is 41.3 Å². The van der Waals surface area contributed by atoms with Crippen LogP contribution in [0.4, 0.5) is 23.2 Å². The normalized spacial score (nSPS) is 12.5. The number of carbonyl (C=O) groups excluding carboxylic acids is 1. The van der Waals surface area contributed by atoms with Gasteiger partial charge in [-0.2, -0.15) is 10.2 Å². The van der Waals surface area contributed by atoms with Crippen molar-refractivity contribution in [3.05, 3.63) is 65.7 Å². The lowest BCUT2D eigenvalue weighted by Gasteiger charge is -2.16. The summed E-state index contributed by atoms with van der Waals surface area (Å²) in [5, 5.41) is 10.2. The Bertz CT molecular complexity index is 939. The first kappa shape index (κ1) is 19.6. The average molecular weight is 395 g/mol. The van der Waals surface area contributed by atoms with Crippen LogP contribution in [0.15, 0.2) is 48.8 Å². The maximum Gasteiger partial charge on any atom is 0.282 e. The van der Waals surface area contributed by atoms with E-state index in [0.29, 0.717) is 23.0 Å². The molecule has 1 amide bonds. The lowest BCUT2D eigenvalue weighted by molar-refractivity contribution is -0.119. The zero-order valence-corrected chi connectivity index (χ0v) is 14.8. The molecule has 0 bridgehead atoms. The van der Waals surface area contributed by atoms with Crippen LogP contribution < -0.4 is 5.32 Å². The van der Waals surface area contributed by atoms with Gasteiger partial charge in [-0.15, -0.1) is 0 Å². The van der Waals surface area contributed by atoms with E-state index in [0.717, 1.165) is 5.56 Å². The summed E-state index contributed by atoms with van der Waals surface area (Å²) in [4.78, 5) is 12.5. The van der Waals surface area contributed by atoms with Crippen LogP contribution in [-0.4, -0.2) is 25.5 Å². The van der Waals surface area contributed by atoms with Crippen LogP contribution in [-0.2, 0) is 11.3 Å². The Hall–Kier alpha value is -3.17. The summed E-state index contributed by atoms with van der Waals surface area (Å²) in [5.74, 6) is -0.651. The highest BCUT2D eigenvalue weighted by atomic mass is 19.3. The van der Waals surface area contributed by atoms with Crippen LogP contribution in [0, 0.1) is 0 Å². The molecule has 0 radical (unpaired) electrons. The van der Waals surface area contributed by atoms with E-state index in [1.807, 2.05) is 6.07 Å². The molecule has 3 aromatic rings. The Balaban J connectivity index is 1.76. The molecule has 28 heavy (non-hydrogen) atoms. The molecule has 0 spiro atoms. The van der Waals surface area contributed by atoms with Gasteiger partial charge in [-0.3, -0.25) is 14.2 Å². The molecule has 3 rings (SSSR count). The van der Waals surface area contributed by atoms with E-state index in [9.17, 15) is 22.4 Å². The van der Waals surface area contributed by atoms with E-state index >= 15 is 0 Å². The number of hydrogen-bond donors (Lipinski definition) is 1. The number of carbonyl (C=O) groups is 1. The summed E-state index contributed by atoms with van der Waals surface area (Å²) >= 11 is 0. The van der Waals surface area contributed by atoms with Crippen LogP contribution >= 0.6 is 0 Å². The predicted octanol–water partition coefficient (Wildman–Crippen LogP) is 4.20. The van der Waals surface area contributed by atoms with Gasteiger partial charge in [-0.25, -0.2) is 17.6 Å². The Labute approximate surface area is 157 Å². The molecule has 148 valence electrons. The zero-order valence-electron chi connectivity index (χ0n) is 14.8. The summed E-state index contributed by atoms with van der Waals surface area (Å²) < 4.78 is 54.2. The second-order valence-electron chi connectivity index (χ2n) is 6.11. The number of hydrogen-bond acceptors (Lipinski definition) is 3. The van der Waals surface area contributed by atoms with E-state index in [-0.39, 0.29) is 0 Å². The first-order chi connectivity index (χ1) is 13.3. The summed E-state index contributed by atoms with van der Waals surface area (Å²) in [6, 6.07) is 8.12. The molecule has 0 aliphatic rings. The van der Waals surface area contributed by atoms with Gasteiger partial charge < -0.3 is 5.32 Å². The number of aromatic nitrogens is 4. The number of halogens is 4. The average Bonchev–Trinajstić information content (AvgIpc) is 3.31. The standard InChI is InChI=1S/C18H17F4N5O/c1-11(27-15(17(21)22)9-14(25-27)16(19)20)18(28)24-13-5-2-4-12(8-13)10-26-7-3-6-23-26/h2-9,11,16-17H,10H2,1H3,(H,24,28). The minimum Gasteiger partial charge on any atom is -0.324 e. The summed E-state index contributed by atoms with van der Waals surface area (Å²) in [6.45, 7) is 1.80. The monoisotopic (exact) mass is 395 g/mol. The quantitative estimate of drug-likeness (QED) is 0.610. The van der Waals surface area contributed by atoms with Crippen LogP contribution in [0.5, 0.6) is 0 Å². The van der Waals surface area contributed by atoms with Crippen molar-refractivity contribution in [3.8, 4) is 0 Å². The highest BCUT2D eigenvalue weighted by Gasteiger charge is 2.27. The SMILES string of the molecule is CC(C(=O)Nc1cccc(Cn2cccn2)c1)n1nc(C(F)F)cc1C(F)F. The van der Waals surface area contributed by atoms with Gasteiger partial charge in [0.25, 0.3) is 12.9 Å². The molecule has 2 aromatic heterocycles. The van der Waals surface area contributed by atoms with Gasteiger partial charge >= 0.3 is 0 Å². The van der Waals surface area contributed by atoms with E-state index in [4.69, 9.17) is 0 Å². The van der Waals surface area contributed by atoms with Gasteiger partial charge in [-0.1, -0.05) is 12.1 Å². The third-order valence-corrected chi connectivity index (χ3v) is 4.08. The fourth-order valence-corrected chi connectivity index (χ4v) is 2.69. The summed E-state index contributed by atoms with van der Waals surface area (Å²) in [7, 11) is 0. The van der Waals surface area contributed by atoms with Crippen molar-refractivity contribution in [3.63, 3.8) is 0 Å². The molecule has 10 heteroatoms. The Morgan fingerprint density at radius 2 is 1.93 bits per heavy atom. The van der Waals surface area contributed by atoms with Crippen molar-refractivity contribution in [2.75, 3.05) is 5.32 Å². The first-order valence-corrected chi connectivity index (χ1v) is 8.38. The van der Waals surface area contributed by atoms with Gasteiger partial charge in [0, 0.05) is 18.1 Å². The van der Waals surface area contributed by atoms with Gasteiger partial charge in [0.2, 0.25) is 5.91 Å². The Morgan fingerprint density at radius 3 is 2.57 bits per heavy atom.